The van der Waals surface area contributed by atoms with Crippen LogP contribution in [0.25, 0.3) is 16.9 Å². The fraction of sp³-hybridized carbons (Fsp3) is 0. The van der Waals surface area contributed by atoms with Crippen molar-refractivity contribution < 1.29 is 9.72 Å². The zero-order valence-corrected chi connectivity index (χ0v) is 16.3. The number of hydrogen-bond acceptors (Lipinski definition) is 8. The maximum atomic E-state index is 12.4. The van der Waals surface area contributed by atoms with E-state index in [9.17, 15) is 14.9 Å². The molecule has 0 unspecified atom stereocenters. The van der Waals surface area contributed by atoms with Gasteiger partial charge in [-0.05, 0) is 30.3 Å². The first-order valence-electron chi connectivity index (χ1n) is 8.27. The minimum Gasteiger partial charge on any atom is -0.276 e. The fourth-order valence-corrected chi connectivity index (χ4v) is 3.16. The number of para-hydroxylation sites is 1. The number of hydrogen-bond donors (Lipinski definition) is 2. The van der Waals surface area contributed by atoms with Crippen molar-refractivity contribution >= 4 is 51.6 Å². The predicted octanol–water partition coefficient (Wildman–Crippen LogP) is 3.18. The molecule has 30 heavy (non-hydrogen) atoms. The van der Waals surface area contributed by atoms with E-state index in [0.29, 0.717) is 16.1 Å². The summed E-state index contributed by atoms with van der Waals surface area (Å²) in [5.41, 5.74) is 5.43. The van der Waals surface area contributed by atoms with Gasteiger partial charge in [0.05, 0.1) is 21.0 Å². The molecule has 0 aliphatic carbocycles. The topological polar surface area (TPSA) is 141 Å². The first-order chi connectivity index (χ1) is 14.5. The Morgan fingerprint density at radius 3 is 2.70 bits per heavy atom. The lowest BCUT2D eigenvalue weighted by Crippen LogP contribution is -2.30. The van der Waals surface area contributed by atoms with Gasteiger partial charge in [0.1, 0.15) is 11.8 Å². The zero-order chi connectivity index (χ0) is 21.3. The van der Waals surface area contributed by atoms with Gasteiger partial charge >= 0.3 is 5.69 Å². The number of aromatic nitrogens is 5. The number of halogens is 2. The van der Waals surface area contributed by atoms with Crippen LogP contribution in [0.5, 0.6) is 0 Å². The van der Waals surface area contributed by atoms with Gasteiger partial charge in [-0.25, -0.2) is 9.97 Å². The fourth-order valence-electron chi connectivity index (χ4n) is 2.67. The second-order valence-electron chi connectivity index (χ2n) is 5.84. The average molecular weight is 445 g/mol. The molecule has 0 spiro atoms. The molecule has 0 radical (unpaired) electrons. The quantitative estimate of drug-likeness (QED) is 0.353. The van der Waals surface area contributed by atoms with Gasteiger partial charge in [0.25, 0.3) is 5.91 Å². The first-order valence-corrected chi connectivity index (χ1v) is 9.03. The summed E-state index contributed by atoms with van der Waals surface area (Å²) >= 11 is 11.8. The monoisotopic (exact) mass is 444 g/mol. The molecule has 0 saturated carbocycles. The number of nitrogens with one attached hydrogen (secondary N) is 2. The van der Waals surface area contributed by atoms with Crippen molar-refractivity contribution in [1.82, 2.24) is 30.4 Å². The van der Waals surface area contributed by atoms with Crippen molar-refractivity contribution in [1.29, 1.82) is 0 Å². The molecule has 0 aliphatic rings. The van der Waals surface area contributed by atoms with E-state index in [-0.39, 0.29) is 22.2 Å². The van der Waals surface area contributed by atoms with Gasteiger partial charge in [0.2, 0.25) is 11.6 Å². The van der Waals surface area contributed by atoms with Gasteiger partial charge in [0, 0.05) is 5.02 Å². The number of nitro groups is 1. The smallest absolute Gasteiger partial charge is 0.276 e. The summed E-state index contributed by atoms with van der Waals surface area (Å²) in [5.74, 6) is -1.01. The molecule has 2 aromatic carbocycles. The van der Waals surface area contributed by atoms with Crippen LogP contribution in [-0.4, -0.2) is 35.8 Å². The maximum absolute atomic E-state index is 12.4. The number of carbonyl (C=O) groups is 1. The summed E-state index contributed by atoms with van der Waals surface area (Å²) in [5, 5.41) is 20.1. The Labute approximate surface area is 177 Å². The Hall–Kier alpha value is -3.83. The normalized spacial score (nSPS) is 10.7. The molecule has 2 heterocycles. The molecule has 4 aromatic rings. The number of nitrogens with zero attached hydrogens (tertiary/aromatic N) is 6. The molecule has 150 valence electrons. The molecule has 1 amide bonds. The lowest BCUT2D eigenvalue weighted by Gasteiger charge is -2.10. The molecule has 0 atom stereocenters. The van der Waals surface area contributed by atoms with Crippen LogP contribution in [0.4, 0.5) is 11.5 Å². The summed E-state index contributed by atoms with van der Waals surface area (Å²) < 4.78 is 1.22. The molecule has 0 aliphatic heterocycles. The zero-order valence-electron chi connectivity index (χ0n) is 14.8. The third kappa shape index (κ3) is 3.58. The van der Waals surface area contributed by atoms with Crippen LogP contribution < -0.4 is 10.9 Å². The average Bonchev–Trinajstić information content (AvgIpc) is 3.15. The molecule has 11 nitrogen and oxygen atoms in total. The minimum absolute atomic E-state index is 0.118. The largest absolute Gasteiger partial charge is 0.357 e. The number of amides is 1. The molecule has 0 bridgehead atoms. The van der Waals surface area contributed by atoms with E-state index < -0.39 is 16.5 Å². The maximum Gasteiger partial charge on any atom is 0.357 e. The highest BCUT2D eigenvalue weighted by Gasteiger charge is 2.27. The standard InChI is InChI=1S/C17H10Cl2N8O3/c18-9-5-6-10(11(19)7-9)17(28)24-23-15-14(27(29)30)16(21-8-20-15)26-13-4-2-1-3-12(13)22-25-26/h1-8H,(H,24,28)(H,20,21,23). The van der Waals surface area contributed by atoms with Crippen LogP contribution in [0.15, 0.2) is 48.8 Å². The van der Waals surface area contributed by atoms with E-state index >= 15 is 0 Å². The van der Waals surface area contributed by atoms with Gasteiger partial charge < -0.3 is 0 Å². The second-order valence-corrected chi connectivity index (χ2v) is 6.69. The summed E-state index contributed by atoms with van der Waals surface area (Å²) in [6.45, 7) is 0. The van der Waals surface area contributed by atoms with Crippen LogP contribution in [0.2, 0.25) is 10.0 Å². The predicted molar refractivity (Wildman–Crippen MR) is 109 cm³/mol. The van der Waals surface area contributed by atoms with E-state index in [2.05, 4.69) is 31.1 Å². The number of fused-ring (bicyclic) bond motifs is 1. The molecule has 0 fully saturated rings. The van der Waals surface area contributed by atoms with Crippen molar-refractivity contribution in [2.75, 3.05) is 5.43 Å². The highest BCUT2D eigenvalue weighted by molar-refractivity contribution is 6.36. The summed E-state index contributed by atoms with van der Waals surface area (Å²) in [4.78, 5) is 31.3. The van der Waals surface area contributed by atoms with Gasteiger partial charge in [-0.1, -0.05) is 40.5 Å². The Balaban J connectivity index is 1.68. The first kappa shape index (κ1) is 19.5. The van der Waals surface area contributed by atoms with Crippen LogP contribution in [0.1, 0.15) is 10.4 Å². The SMILES string of the molecule is O=C(NNc1ncnc(-n2nnc3ccccc32)c1[N+](=O)[O-])c1ccc(Cl)cc1Cl. The van der Waals surface area contributed by atoms with Crippen LogP contribution in [-0.2, 0) is 0 Å². The van der Waals surface area contributed by atoms with Crippen molar-refractivity contribution in [3.8, 4) is 5.82 Å². The van der Waals surface area contributed by atoms with E-state index in [1.807, 2.05) is 0 Å². The lowest BCUT2D eigenvalue weighted by atomic mass is 10.2. The Morgan fingerprint density at radius 1 is 1.13 bits per heavy atom. The van der Waals surface area contributed by atoms with Crippen molar-refractivity contribution in [3.05, 3.63) is 74.5 Å². The molecule has 2 N–H and O–H groups in total. The van der Waals surface area contributed by atoms with E-state index in [0.717, 1.165) is 6.33 Å². The van der Waals surface area contributed by atoms with Gasteiger partial charge in [-0.15, -0.1) is 5.10 Å². The minimum atomic E-state index is -0.685. The van der Waals surface area contributed by atoms with E-state index in [1.165, 1.54) is 22.9 Å². The highest BCUT2D eigenvalue weighted by Crippen LogP contribution is 2.29. The number of carbonyl (C=O) groups excluding carboxylic acids is 1. The number of benzene rings is 2. The molecular formula is C17H10Cl2N8O3. The number of hydrazine groups is 1. The van der Waals surface area contributed by atoms with Crippen molar-refractivity contribution in [2.45, 2.75) is 0 Å². The summed E-state index contributed by atoms with van der Waals surface area (Å²) in [6.07, 6.45) is 1.10. The van der Waals surface area contributed by atoms with Gasteiger partial charge in [-0.3, -0.25) is 25.8 Å². The van der Waals surface area contributed by atoms with E-state index in [4.69, 9.17) is 23.2 Å². The van der Waals surface area contributed by atoms with Crippen molar-refractivity contribution in [3.63, 3.8) is 0 Å². The molecule has 2 aromatic heterocycles. The molecule has 4 rings (SSSR count). The third-order valence-electron chi connectivity index (χ3n) is 4.01. The molecule has 13 heteroatoms. The van der Waals surface area contributed by atoms with Crippen LogP contribution in [0.3, 0.4) is 0 Å². The lowest BCUT2D eigenvalue weighted by molar-refractivity contribution is -0.384. The highest BCUT2D eigenvalue weighted by atomic mass is 35.5. The Morgan fingerprint density at radius 2 is 1.93 bits per heavy atom. The van der Waals surface area contributed by atoms with Gasteiger partial charge in [-0.2, -0.15) is 4.68 Å². The molecule has 0 saturated heterocycles. The van der Waals surface area contributed by atoms with Gasteiger partial charge in [0.15, 0.2) is 0 Å². The Bertz CT molecular complexity index is 1290. The Kier molecular flexibility index (Phi) is 5.12. The van der Waals surface area contributed by atoms with Crippen LogP contribution in [0, 0.1) is 10.1 Å². The van der Waals surface area contributed by atoms with Crippen LogP contribution >= 0.6 is 23.2 Å². The summed E-state index contributed by atoms with van der Waals surface area (Å²) in [6, 6.07) is 11.2. The second kappa shape index (κ2) is 7.89. The summed E-state index contributed by atoms with van der Waals surface area (Å²) in [7, 11) is 0. The number of rotatable bonds is 5. The van der Waals surface area contributed by atoms with E-state index in [1.54, 1.807) is 24.3 Å². The number of anilines is 1. The third-order valence-corrected chi connectivity index (χ3v) is 4.56. The molecular weight excluding hydrogens is 435 g/mol. The van der Waals surface area contributed by atoms with Crippen molar-refractivity contribution in [2.24, 2.45) is 0 Å².